The summed E-state index contributed by atoms with van der Waals surface area (Å²) >= 11 is 0. The van der Waals surface area contributed by atoms with Gasteiger partial charge in [-0.15, -0.1) is 0 Å². The molecule has 0 aromatic heterocycles. The number of hydrogen-bond donors (Lipinski definition) is 0. The Morgan fingerprint density at radius 2 is 2.00 bits per heavy atom. The van der Waals surface area contributed by atoms with Crippen LogP contribution in [-0.4, -0.2) is 49.7 Å². The number of nitrogens with zero attached hydrogens (tertiary/aromatic N) is 1. The number of ketones is 1. The maximum atomic E-state index is 11.8. The van der Waals surface area contributed by atoms with Gasteiger partial charge in [0.1, 0.15) is 5.78 Å². The van der Waals surface area contributed by atoms with Crippen molar-refractivity contribution < 1.29 is 13.2 Å². The number of carbonyl (C=O) groups excluding carboxylic acids is 1. The van der Waals surface area contributed by atoms with Crippen LogP contribution in [0.4, 0.5) is 0 Å². The lowest BCUT2D eigenvalue weighted by molar-refractivity contribution is -0.126. The van der Waals surface area contributed by atoms with Crippen molar-refractivity contribution in [2.75, 3.05) is 18.6 Å². The van der Waals surface area contributed by atoms with E-state index in [9.17, 15) is 13.2 Å². The van der Waals surface area contributed by atoms with E-state index in [0.29, 0.717) is 12.8 Å². The molecule has 0 radical (unpaired) electrons. The summed E-state index contributed by atoms with van der Waals surface area (Å²) in [6.07, 6.45) is 4.31. The van der Waals surface area contributed by atoms with Gasteiger partial charge in [0.25, 0.3) is 0 Å². The summed E-state index contributed by atoms with van der Waals surface area (Å²) in [6.45, 7) is 0. The second-order valence-corrected chi connectivity index (χ2v) is 7.18. The third-order valence-electron chi connectivity index (χ3n) is 3.80. The molecular formula is C11H19NO3S. The topological polar surface area (TPSA) is 54.5 Å². The van der Waals surface area contributed by atoms with Crippen LogP contribution >= 0.6 is 0 Å². The van der Waals surface area contributed by atoms with E-state index < -0.39 is 9.84 Å². The van der Waals surface area contributed by atoms with Crippen LogP contribution < -0.4 is 0 Å². The first kappa shape index (κ1) is 12.0. The average molecular weight is 245 g/mol. The normalized spacial score (nSPS) is 34.5. The largest absolute Gasteiger partial charge is 0.298 e. The Labute approximate surface area is 96.9 Å². The number of carbonyl (C=O) groups is 1. The third kappa shape index (κ3) is 2.46. The molecule has 2 aliphatic rings. The van der Waals surface area contributed by atoms with Gasteiger partial charge in [-0.3, -0.25) is 9.69 Å². The predicted octanol–water partition coefficient (Wildman–Crippen LogP) is 0.617. The zero-order valence-corrected chi connectivity index (χ0v) is 10.5. The minimum atomic E-state index is -2.85. The van der Waals surface area contributed by atoms with Crippen LogP contribution in [0, 0.1) is 0 Å². The molecule has 0 aromatic rings. The molecule has 2 rings (SSSR count). The Hall–Kier alpha value is -0.420. The summed E-state index contributed by atoms with van der Waals surface area (Å²) in [7, 11) is -0.947. The highest BCUT2D eigenvalue weighted by molar-refractivity contribution is 7.91. The fourth-order valence-corrected chi connectivity index (χ4v) is 4.53. The lowest BCUT2D eigenvalue weighted by atomic mass is 9.92. The molecule has 1 aliphatic heterocycles. The van der Waals surface area contributed by atoms with E-state index >= 15 is 0 Å². The zero-order valence-electron chi connectivity index (χ0n) is 9.68. The average Bonchev–Trinajstić information content (AvgIpc) is 2.59. The van der Waals surface area contributed by atoms with Crippen LogP contribution in [0.25, 0.3) is 0 Å². The molecule has 0 bridgehead atoms. The van der Waals surface area contributed by atoms with Crippen molar-refractivity contribution >= 4 is 15.6 Å². The van der Waals surface area contributed by atoms with E-state index in [1.54, 1.807) is 0 Å². The maximum absolute atomic E-state index is 11.8. The molecule has 0 amide bonds. The van der Waals surface area contributed by atoms with Gasteiger partial charge in [0, 0.05) is 12.5 Å². The van der Waals surface area contributed by atoms with E-state index in [1.165, 1.54) is 0 Å². The second-order valence-electron chi connectivity index (χ2n) is 4.95. The van der Waals surface area contributed by atoms with Gasteiger partial charge in [-0.1, -0.05) is 6.42 Å². The molecule has 1 heterocycles. The van der Waals surface area contributed by atoms with Gasteiger partial charge < -0.3 is 0 Å². The van der Waals surface area contributed by atoms with Gasteiger partial charge in [0.2, 0.25) is 0 Å². The smallest absolute Gasteiger partial charge is 0.151 e. The predicted molar refractivity (Wildman–Crippen MR) is 62.1 cm³/mol. The Morgan fingerprint density at radius 1 is 1.25 bits per heavy atom. The van der Waals surface area contributed by atoms with Gasteiger partial charge in [-0.2, -0.15) is 0 Å². The highest BCUT2D eigenvalue weighted by atomic mass is 32.2. The quantitative estimate of drug-likeness (QED) is 0.715. The van der Waals surface area contributed by atoms with E-state index in [0.717, 1.165) is 19.3 Å². The monoisotopic (exact) mass is 245 g/mol. The first-order chi connectivity index (χ1) is 7.49. The van der Waals surface area contributed by atoms with Crippen molar-refractivity contribution in [3.63, 3.8) is 0 Å². The minimum Gasteiger partial charge on any atom is -0.298 e. The second kappa shape index (κ2) is 4.45. The van der Waals surface area contributed by atoms with Gasteiger partial charge in [0.15, 0.2) is 9.84 Å². The first-order valence-corrected chi connectivity index (χ1v) is 7.77. The van der Waals surface area contributed by atoms with Crippen LogP contribution in [0.15, 0.2) is 0 Å². The summed E-state index contributed by atoms with van der Waals surface area (Å²) in [4.78, 5) is 13.8. The number of hydrogen-bond acceptors (Lipinski definition) is 4. The van der Waals surface area contributed by atoms with Crippen molar-refractivity contribution in [3.8, 4) is 0 Å². The number of rotatable bonds is 2. The highest BCUT2D eigenvalue weighted by Gasteiger charge is 2.36. The number of sulfone groups is 1. The molecule has 1 saturated carbocycles. The summed E-state index contributed by atoms with van der Waals surface area (Å²) < 4.78 is 22.8. The van der Waals surface area contributed by atoms with Crippen LogP contribution in [0.2, 0.25) is 0 Å². The highest BCUT2D eigenvalue weighted by Crippen LogP contribution is 2.24. The van der Waals surface area contributed by atoms with Crippen molar-refractivity contribution in [3.05, 3.63) is 0 Å². The Morgan fingerprint density at radius 3 is 2.56 bits per heavy atom. The SMILES string of the molecule is CN(C1CCS(=O)(=O)C1)C1CCCCC1=O. The molecule has 4 nitrogen and oxygen atoms in total. The van der Waals surface area contributed by atoms with Gasteiger partial charge in [-0.05, 0) is 26.3 Å². The number of likely N-dealkylation sites (N-methyl/N-ethyl adjacent to an activating group) is 1. The molecule has 1 saturated heterocycles. The van der Waals surface area contributed by atoms with Crippen molar-refractivity contribution in [1.82, 2.24) is 4.90 Å². The van der Waals surface area contributed by atoms with Crippen molar-refractivity contribution in [2.45, 2.75) is 44.2 Å². The van der Waals surface area contributed by atoms with Gasteiger partial charge in [0.05, 0.1) is 17.5 Å². The fraction of sp³-hybridized carbons (Fsp3) is 0.909. The standard InChI is InChI=1S/C11H19NO3S/c1-12(9-6-7-16(14,15)8-9)10-4-2-3-5-11(10)13/h9-10H,2-8H2,1H3. The zero-order chi connectivity index (χ0) is 11.8. The van der Waals surface area contributed by atoms with E-state index in [2.05, 4.69) is 0 Å². The molecule has 1 aliphatic carbocycles. The Kier molecular flexibility index (Phi) is 3.35. The molecule has 16 heavy (non-hydrogen) atoms. The molecule has 0 spiro atoms. The lowest BCUT2D eigenvalue weighted by Gasteiger charge is -2.33. The van der Waals surface area contributed by atoms with Crippen molar-refractivity contribution in [2.24, 2.45) is 0 Å². The summed E-state index contributed by atoms with van der Waals surface area (Å²) in [5.41, 5.74) is 0. The third-order valence-corrected chi connectivity index (χ3v) is 5.55. The maximum Gasteiger partial charge on any atom is 0.151 e. The number of Topliss-reactive ketones (excluding diaryl/α,β-unsaturated/α-hetero) is 1. The molecule has 2 unspecified atom stereocenters. The minimum absolute atomic E-state index is 0.0351. The van der Waals surface area contributed by atoms with E-state index in [-0.39, 0.29) is 29.4 Å². The first-order valence-electron chi connectivity index (χ1n) is 5.95. The van der Waals surface area contributed by atoms with E-state index in [1.807, 2.05) is 11.9 Å². The molecule has 0 N–H and O–H groups in total. The molecule has 2 fully saturated rings. The van der Waals surface area contributed by atoms with E-state index in [4.69, 9.17) is 0 Å². The lowest BCUT2D eigenvalue weighted by Crippen LogP contribution is -2.46. The molecule has 0 aromatic carbocycles. The van der Waals surface area contributed by atoms with Crippen LogP contribution in [0.3, 0.4) is 0 Å². The molecule has 2 atom stereocenters. The van der Waals surface area contributed by atoms with Crippen LogP contribution in [0.5, 0.6) is 0 Å². The van der Waals surface area contributed by atoms with Crippen LogP contribution in [0.1, 0.15) is 32.1 Å². The van der Waals surface area contributed by atoms with Crippen molar-refractivity contribution in [1.29, 1.82) is 0 Å². The summed E-state index contributed by atoms with van der Waals surface area (Å²) in [5, 5.41) is 0. The Balaban J connectivity index is 2.02. The van der Waals surface area contributed by atoms with Gasteiger partial charge >= 0.3 is 0 Å². The molecule has 5 heteroatoms. The molecular weight excluding hydrogens is 226 g/mol. The summed E-state index contributed by atoms with van der Waals surface area (Å²) in [5.74, 6) is 0.800. The summed E-state index contributed by atoms with van der Waals surface area (Å²) in [6, 6.07) is 0.0177. The Bertz CT molecular complexity index is 377. The van der Waals surface area contributed by atoms with Crippen LogP contribution in [-0.2, 0) is 14.6 Å². The fourth-order valence-electron chi connectivity index (χ4n) is 2.75. The van der Waals surface area contributed by atoms with Gasteiger partial charge in [-0.25, -0.2) is 8.42 Å². The molecule has 92 valence electrons.